The predicted octanol–water partition coefficient (Wildman–Crippen LogP) is 3.20. The third-order valence-electron chi connectivity index (χ3n) is 6.25. The van der Waals surface area contributed by atoms with Crippen LogP contribution in [0.5, 0.6) is 0 Å². The van der Waals surface area contributed by atoms with Crippen molar-refractivity contribution in [1.82, 2.24) is 20.7 Å². The molecule has 4 rings (SSSR count). The average Bonchev–Trinajstić information content (AvgIpc) is 3.33. The number of hydrogen-bond donors (Lipinski definition) is 2. The van der Waals surface area contributed by atoms with Crippen molar-refractivity contribution in [2.45, 2.75) is 32.4 Å². The fraction of sp³-hybridized carbons (Fsp3) is 0.565. The number of nitrogens with one attached hydrogen (secondary N) is 2. The molecule has 2 aliphatic rings. The molecule has 2 N–H and O–H groups in total. The van der Waals surface area contributed by atoms with Crippen molar-refractivity contribution < 1.29 is 4.42 Å². The van der Waals surface area contributed by atoms with Gasteiger partial charge in [0, 0.05) is 25.6 Å². The number of benzene rings is 1. The standard InChI is InChI=1S/C23H34N4O/c1-18-8-9-22(28-18)17-27-12-10-19(11-13-27)15-26(2)16-21-14-24-25-23(21)20-6-4-3-5-7-20/h3-9,19,21,23-25H,10-17H2,1-2H3. The number of piperidine rings is 1. The first-order valence-corrected chi connectivity index (χ1v) is 10.7. The summed E-state index contributed by atoms with van der Waals surface area (Å²) in [4.78, 5) is 5.08. The fourth-order valence-electron chi connectivity index (χ4n) is 4.75. The Balaban J connectivity index is 1.22. The van der Waals surface area contributed by atoms with Gasteiger partial charge >= 0.3 is 0 Å². The highest BCUT2D eigenvalue weighted by molar-refractivity contribution is 5.20. The summed E-state index contributed by atoms with van der Waals surface area (Å²) in [6.07, 6.45) is 2.57. The van der Waals surface area contributed by atoms with E-state index in [0.717, 1.165) is 37.1 Å². The van der Waals surface area contributed by atoms with E-state index in [2.05, 4.69) is 70.2 Å². The van der Waals surface area contributed by atoms with E-state index in [9.17, 15) is 0 Å². The molecule has 3 heterocycles. The molecule has 1 aromatic carbocycles. The summed E-state index contributed by atoms with van der Waals surface area (Å²) in [7, 11) is 2.29. The van der Waals surface area contributed by atoms with Crippen LogP contribution < -0.4 is 10.9 Å². The Labute approximate surface area is 169 Å². The van der Waals surface area contributed by atoms with Gasteiger partial charge in [0.2, 0.25) is 0 Å². The van der Waals surface area contributed by atoms with E-state index < -0.39 is 0 Å². The lowest BCUT2D eigenvalue weighted by atomic mass is 9.93. The lowest BCUT2D eigenvalue weighted by Gasteiger charge is -2.34. The van der Waals surface area contributed by atoms with Gasteiger partial charge in [-0.3, -0.25) is 10.3 Å². The lowest BCUT2D eigenvalue weighted by Crippen LogP contribution is -2.39. The Bertz CT molecular complexity index is 723. The molecule has 2 saturated heterocycles. The van der Waals surface area contributed by atoms with Gasteiger partial charge in [0.25, 0.3) is 0 Å². The van der Waals surface area contributed by atoms with E-state index in [1.165, 1.54) is 38.0 Å². The monoisotopic (exact) mass is 382 g/mol. The van der Waals surface area contributed by atoms with Gasteiger partial charge in [0.15, 0.2) is 0 Å². The second-order valence-corrected chi connectivity index (χ2v) is 8.63. The Morgan fingerprint density at radius 2 is 1.86 bits per heavy atom. The molecular formula is C23H34N4O. The summed E-state index contributed by atoms with van der Waals surface area (Å²) < 4.78 is 5.74. The molecule has 2 fully saturated rings. The van der Waals surface area contributed by atoms with Crippen molar-refractivity contribution in [2.24, 2.45) is 11.8 Å². The Kier molecular flexibility index (Phi) is 6.47. The summed E-state index contributed by atoms with van der Waals surface area (Å²) in [5, 5.41) is 0. The molecule has 1 aromatic heterocycles. The average molecular weight is 383 g/mol. The largest absolute Gasteiger partial charge is 0.465 e. The number of aryl methyl sites for hydroxylation is 1. The smallest absolute Gasteiger partial charge is 0.118 e. The van der Waals surface area contributed by atoms with Crippen LogP contribution in [0, 0.1) is 18.8 Å². The van der Waals surface area contributed by atoms with Crippen molar-refractivity contribution in [1.29, 1.82) is 0 Å². The Hall–Kier alpha value is -1.66. The highest BCUT2D eigenvalue weighted by Crippen LogP contribution is 2.26. The molecule has 0 saturated carbocycles. The topological polar surface area (TPSA) is 43.7 Å². The molecule has 0 amide bonds. The zero-order valence-electron chi connectivity index (χ0n) is 17.2. The number of rotatable bonds is 7. The Morgan fingerprint density at radius 3 is 2.57 bits per heavy atom. The lowest BCUT2D eigenvalue weighted by molar-refractivity contribution is 0.135. The van der Waals surface area contributed by atoms with Gasteiger partial charge in [-0.05, 0) is 63.5 Å². The van der Waals surface area contributed by atoms with E-state index in [0.29, 0.717) is 12.0 Å². The normalized spacial score (nSPS) is 24.2. The van der Waals surface area contributed by atoms with Crippen molar-refractivity contribution in [3.63, 3.8) is 0 Å². The van der Waals surface area contributed by atoms with Crippen molar-refractivity contribution >= 4 is 0 Å². The molecule has 0 radical (unpaired) electrons. The highest BCUT2D eigenvalue weighted by atomic mass is 16.3. The minimum Gasteiger partial charge on any atom is -0.465 e. The molecule has 2 aromatic rings. The maximum Gasteiger partial charge on any atom is 0.118 e. The third kappa shape index (κ3) is 5.03. The summed E-state index contributed by atoms with van der Waals surface area (Å²) in [5.41, 5.74) is 8.22. The van der Waals surface area contributed by atoms with Gasteiger partial charge in [-0.2, -0.15) is 0 Å². The predicted molar refractivity (Wildman–Crippen MR) is 113 cm³/mol. The minimum absolute atomic E-state index is 0.405. The van der Waals surface area contributed by atoms with Crippen molar-refractivity contribution in [2.75, 3.05) is 39.8 Å². The van der Waals surface area contributed by atoms with E-state index in [1.54, 1.807) is 0 Å². The number of hydrogen-bond acceptors (Lipinski definition) is 5. The SMILES string of the molecule is Cc1ccc(CN2CCC(CN(C)CC3CNNC3c3ccccc3)CC2)o1. The van der Waals surface area contributed by atoms with Gasteiger partial charge in [-0.15, -0.1) is 0 Å². The van der Waals surface area contributed by atoms with Crippen LogP contribution in [0.1, 0.15) is 36.0 Å². The first-order chi connectivity index (χ1) is 13.7. The second kappa shape index (κ2) is 9.23. The van der Waals surface area contributed by atoms with Gasteiger partial charge in [-0.1, -0.05) is 30.3 Å². The Morgan fingerprint density at radius 1 is 1.07 bits per heavy atom. The van der Waals surface area contributed by atoms with Crippen LogP contribution in [0.2, 0.25) is 0 Å². The van der Waals surface area contributed by atoms with Crippen molar-refractivity contribution in [3.05, 3.63) is 59.5 Å². The number of nitrogens with zero attached hydrogens (tertiary/aromatic N) is 2. The van der Waals surface area contributed by atoms with Gasteiger partial charge in [0.05, 0.1) is 12.6 Å². The molecule has 152 valence electrons. The van der Waals surface area contributed by atoms with Crippen LogP contribution in [0.4, 0.5) is 0 Å². The van der Waals surface area contributed by atoms with Crippen LogP contribution in [0.3, 0.4) is 0 Å². The summed E-state index contributed by atoms with van der Waals surface area (Å²) in [6, 6.07) is 15.4. The van der Waals surface area contributed by atoms with Crippen molar-refractivity contribution in [3.8, 4) is 0 Å². The van der Waals surface area contributed by atoms with Crippen LogP contribution in [0.15, 0.2) is 46.9 Å². The molecule has 0 spiro atoms. The molecule has 0 aliphatic carbocycles. The summed E-state index contributed by atoms with van der Waals surface area (Å²) in [5.74, 6) is 3.52. The fourth-order valence-corrected chi connectivity index (χ4v) is 4.75. The maximum absolute atomic E-state index is 5.74. The van der Waals surface area contributed by atoms with E-state index in [4.69, 9.17) is 4.42 Å². The maximum atomic E-state index is 5.74. The van der Waals surface area contributed by atoms with Crippen LogP contribution >= 0.6 is 0 Å². The molecule has 0 bridgehead atoms. The first-order valence-electron chi connectivity index (χ1n) is 10.7. The van der Waals surface area contributed by atoms with Crippen LogP contribution in [-0.4, -0.2) is 49.6 Å². The summed E-state index contributed by atoms with van der Waals surface area (Å²) in [6.45, 7) is 8.69. The van der Waals surface area contributed by atoms with Gasteiger partial charge in [-0.25, -0.2) is 5.43 Å². The molecule has 5 nitrogen and oxygen atoms in total. The molecule has 2 atom stereocenters. The number of furan rings is 1. The van der Waals surface area contributed by atoms with Gasteiger partial charge in [0.1, 0.15) is 11.5 Å². The molecule has 28 heavy (non-hydrogen) atoms. The number of hydrazine groups is 1. The first kappa shape index (κ1) is 19.6. The minimum atomic E-state index is 0.405. The van der Waals surface area contributed by atoms with E-state index in [-0.39, 0.29) is 0 Å². The summed E-state index contributed by atoms with van der Waals surface area (Å²) >= 11 is 0. The second-order valence-electron chi connectivity index (χ2n) is 8.63. The van der Waals surface area contributed by atoms with E-state index >= 15 is 0 Å². The van der Waals surface area contributed by atoms with Gasteiger partial charge < -0.3 is 9.32 Å². The van der Waals surface area contributed by atoms with E-state index in [1.807, 2.05) is 6.92 Å². The van der Waals surface area contributed by atoms with Crippen LogP contribution in [0.25, 0.3) is 0 Å². The zero-order chi connectivity index (χ0) is 19.3. The highest BCUT2D eigenvalue weighted by Gasteiger charge is 2.30. The quantitative estimate of drug-likeness (QED) is 0.770. The third-order valence-corrected chi connectivity index (χ3v) is 6.25. The zero-order valence-corrected chi connectivity index (χ0v) is 17.2. The van der Waals surface area contributed by atoms with Crippen LogP contribution in [-0.2, 0) is 6.54 Å². The molecule has 5 heteroatoms. The molecule has 2 aliphatic heterocycles. The molecule has 2 unspecified atom stereocenters. The molecular weight excluding hydrogens is 348 g/mol. The number of likely N-dealkylation sites (tertiary alicyclic amines) is 1.